The second-order valence-corrected chi connectivity index (χ2v) is 8.60. The molecule has 0 spiro atoms. The van der Waals surface area contributed by atoms with Gasteiger partial charge < -0.3 is 19.5 Å². The molecule has 0 saturated carbocycles. The number of aldehydes is 1. The van der Waals surface area contributed by atoms with Crippen molar-refractivity contribution in [2.45, 2.75) is 19.2 Å². The van der Waals surface area contributed by atoms with Gasteiger partial charge in [-0.3, -0.25) is 9.59 Å². The van der Waals surface area contributed by atoms with E-state index in [1.807, 2.05) is 0 Å². The Hall–Kier alpha value is -4.57. The SMILES string of the molecule is CNC(=O)c1ccc(CN2C(=O)C3=CC(OC)C(OC)=CC3=[N+](Cc3cc(C=O)ccc3OC)C2=O)cc1. The van der Waals surface area contributed by atoms with Gasteiger partial charge >= 0.3 is 11.9 Å². The predicted octanol–water partition coefficient (Wildman–Crippen LogP) is 2.47. The summed E-state index contributed by atoms with van der Waals surface area (Å²) < 4.78 is 17.9. The smallest absolute Gasteiger partial charge is 0.498 e. The number of nitrogens with one attached hydrogen (secondary N) is 1. The summed E-state index contributed by atoms with van der Waals surface area (Å²) in [5.41, 5.74) is 2.77. The molecule has 4 amide bonds. The molecule has 196 valence electrons. The number of urea groups is 1. The predicted molar refractivity (Wildman–Crippen MR) is 137 cm³/mol. The largest absolute Gasteiger partial charge is 0.502 e. The van der Waals surface area contributed by atoms with Crippen LogP contribution < -0.4 is 10.1 Å². The van der Waals surface area contributed by atoms with Crippen LogP contribution >= 0.6 is 0 Å². The summed E-state index contributed by atoms with van der Waals surface area (Å²) in [6.45, 7) is 0.0116. The minimum Gasteiger partial charge on any atom is -0.498 e. The number of hydrogen-bond donors (Lipinski definition) is 1. The van der Waals surface area contributed by atoms with E-state index >= 15 is 0 Å². The number of ether oxygens (including phenoxy) is 3. The van der Waals surface area contributed by atoms with Crippen molar-refractivity contribution >= 4 is 29.8 Å². The van der Waals surface area contributed by atoms with Crippen molar-refractivity contribution in [1.29, 1.82) is 0 Å². The monoisotopic (exact) mass is 518 g/mol. The first kappa shape index (κ1) is 26.5. The summed E-state index contributed by atoms with van der Waals surface area (Å²) in [5.74, 6) is 0.198. The molecule has 1 atom stereocenters. The molecule has 2 aromatic carbocycles. The van der Waals surface area contributed by atoms with Crippen LogP contribution in [0.4, 0.5) is 4.79 Å². The Morgan fingerprint density at radius 1 is 1.08 bits per heavy atom. The van der Waals surface area contributed by atoms with Crippen molar-refractivity contribution in [2.24, 2.45) is 0 Å². The van der Waals surface area contributed by atoms with Crippen molar-refractivity contribution < 1.29 is 38.0 Å². The first-order valence-corrected chi connectivity index (χ1v) is 11.8. The molecule has 0 aromatic heterocycles. The minimum absolute atomic E-state index is 0.0170. The maximum absolute atomic E-state index is 13.8. The fourth-order valence-corrected chi connectivity index (χ4v) is 4.40. The van der Waals surface area contributed by atoms with Gasteiger partial charge in [-0.2, -0.15) is 14.3 Å². The highest BCUT2D eigenvalue weighted by Crippen LogP contribution is 2.28. The number of hydrogen-bond acceptors (Lipinski definition) is 7. The van der Waals surface area contributed by atoms with Crippen molar-refractivity contribution in [1.82, 2.24) is 10.2 Å². The Labute approximate surface area is 219 Å². The van der Waals surface area contributed by atoms with E-state index in [-0.39, 0.29) is 24.6 Å². The third kappa shape index (κ3) is 4.98. The molecule has 1 aliphatic carbocycles. The van der Waals surface area contributed by atoms with E-state index in [4.69, 9.17) is 14.2 Å². The van der Waals surface area contributed by atoms with Crippen LogP contribution in [0.15, 0.2) is 65.9 Å². The Kier molecular flexibility index (Phi) is 7.82. The summed E-state index contributed by atoms with van der Waals surface area (Å²) in [7, 11) is 6.02. The highest BCUT2D eigenvalue weighted by molar-refractivity contribution is 6.29. The van der Waals surface area contributed by atoms with Gasteiger partial charge in [-0.25, -0.2) is 4.79 Å². The van der Waals surface area contributed by atoms with Crippen LogP contribution in [0.3, 0.4) is 0 Å². The Bertz CT molecular complexity index is 1390. The van der Waals surface area contributed by atoms with Gasteiger partial charge in [-0.1, -0.05) is 12.1 Å². The maximum Gasteiger partial charge on any atom is 0.502 e. The Morgan fingerprint density at radius 3 is 2.42 bits per heavy atom. The highest BCUT2D eigenvalue weighted by atomic mass is 16.5. The van der Waals surface area contributed by atoms with E-state index in [1.165, 1.54) is 25.9 Å². The molecule has 1 heterocycles. The number of imide groups is 1. The van der Waals surface area contributed by atoms with E-state index in [2.05, 4.69) is 5.32 Å². The average Bonchev–Trinajstić information content (AvgIpc) is 2.96. The molecular formula is C28H28N3O7+. The van der Waals surface area contributed by atoms with E-state index in [9.17, 15) is 19.2 Å². The van der Waals surface area contributed by atoms with E-state index in [0.717, 1.165) is 4.90 Å². The Balaban J connectivity index is 1.79. The lowest BCUT2D eigenvalue weighted by Gasteiger charge is -2.28. The zero-order chi connectivity index (χ0) is 27.4. The van der Waals surface area contributed by atoms with Gasteiger partial charge in [0.2, 0.25) is 0 Å². The van der Waals surface area contributed by atoms with Crippen LogP contribution in [0, 0.1) is 0 Å². The lowest BCUT2D eigenvalue weighted by molar-refractivity contribution is -0.453. The molecule has 1 aliphatic heterocycles. The molecule has 4 rings (SSSR count). The number of rotatable bonds is 9. The molecule has 38 heavy (non-hydrogen) atoms. The van der Waals surface area contributed by atoms with Crippen molar-refractivity contribution in [2.75, 3.05) is 28.4 Å². The zero-order valence-electron chi connectivity index (χ0n) is 21.5. The molecule has 2 aliphatic rings. The van der Waals surface area contributed by atoms with Crippen LogP contribution in [0.2, 0.25) is 0 Å². The third-order valence-electron chi connectivity index (χ3n) is 6.42. The molecule has 0 saturated heterocycles. The fraction of sp³-hybridized carbons (Fsp3) is 0.250. The van der Waals surface area contributed by atoms with Gasteiger partial charge in [-0.15, -0.1) is 0 Å². The fourth-order valence-electron chi connectivity index (χ4n) is 4.40. The van der Waals surface area contributed by atoms with Crippen molar-refractivity contribution in [3.63, 3.8) is 0 Å². The van der Waals surface area contributed by atoms with E-state index in [1.54, 1.807) is 61.7 Å². The Morgan fingerprint density at radius 2 is 1.82 bits per heavy atom. The molecule has 10 heteroatoms. The number of fused-ring (bicyclic) bond motifs is 1. The van der Waals surface area contributed by atoms with Crippen LogP contribution in [0.5, 0.6) is 5.75 Å². The van der Waals surface area contributed by atoms with Gasteiger partial charge in [0, 0.05) is 36.9 Å². The molecular weight excluding hydrogens is 490 g/mol. The zero-order valence-corrected chi connectivity index (χ0v) is 21.5. The van der Waals surface area contributed by atoms with Gasteiger partial charge in [0.1, 0.15) is 48.3 Å². The number of amides is 4. The number of allylic oxidation sites excluding steroid dienone is 1. The average molecular weight is 519 g/mol. The molecule has 0 radical (unpaired) electrons. The van der Waals surface area contributed by atoms with Crippen LogP contribution in [-0.4, -0.2) is 73.8 Å². The number of carbonyl (C=O) groups excluding carboxylic acids is 4. The van der Waals surface area contributed by atoms with Crippen LogP contribution in [-0.2, 0) is 27.4 Å². The minimum atomic E-state index is -0.612. The highest BCUT2D eigenvalue weighted by Gasteiger charge is 2.46. The lowest BCUT2D eigenvalue weighted by Crippen LogP contribution is -2.51. The van der Waals surface area contributed by atoms with Crippen LogP contribution in [0.25, 0.3) is 0 Å². The van der Waals surface area contributed by atoms with E-state index < -0.39 is 18.0 Å². The summed E-state index contributed by atoms with van der Waals surface area (Å²) in [6, 6.07) is 11.0. The maximum atomic E-state index is 13.8. The number of benzene rings is 2. The summed E-state index contributed by atoms with van der Waals surface area (Å²) >= 11 is 0. The summed E-state index contributed by atoms with van der Waals surface area (Å²) in [6.07, 6.45) is 3.34. The number of carbonyl (C=O) groups is 4. The third-order valence-corrected chi connectivity index (χ3v) is 6.42. The molecule has 1 unspecified atom stereocenters. The molecule has 0 bridgehead atoms. The first-order chi connectivity index (χ1) is 18.3. The number of methoxy groups -OCH3 is 3. The topological polar surface area (TPSA) is 114 Å². The van der Waals surface area contributed by atoms with Gasteiger partial charge in [-0.05, 0) is 42.0 Å². The summed E-state index contributed by atoms with van der Waals surface area (Å²) in [5, 5.41) is 2.56. The van der Waals surface area contributed by atoms with Crippen LogP contribution in [0.1, 0.15) is 31.8 Å². The molecule has 0 fully saturated rings. The second kappa shape index (κ2) is 11.2. The lowest BCUT2D eigenvalue weighted by atomic mass is 9.96. The number of nitrogens with zero attached hydrogens (tertiary/aromatic N) is 2. The normalized spacial score (nSPS) is 16.9. The van der Waals surface area contributed by atoms with Gasteiger partial charge in [0.25, 0.3) is 5.91 Å². The van der Waals surface area contributed by atoms with Crippen molar-refractivity contribution in [3.05, 3.63) is 88.2 Å². The van der Waals surface area contributed by atoms with Gasteiger partial charge in [0.05, 0.1) is 14.2 Å². The molecule has 2 aromatic rings. The summed E-state index contributed by atoms with van der Waals surface area (Å²) in [4.78, 5) is 51.9. The molecule has 1 N–H and O–H groups in total. The van der Waals surface area contributed by atoms with Gasteiger partial charge in [0.15, 0.2) is 0 Å². The quantitative estimate of drug-likeness (QED) is 0.401. The van der Waals surface area contributed by atoms with E-state index in [0.29, 0.717) is 45.8 Å². The first-order valence-electron chi connectivity index (χ1n) is 11.8. The molecule has 10 nitrogen and oxygen atoms in total. The standard InChI is InChI=1S/C28H27N3O7/c1-29-26(33)19-8-5-17(6-9-19)14-31-27(34)21-12-24(37-3)25(38-4)13-22(21)30(28(31)35)15-20-11-18(16-32)7-10-23(20)36-2/h5-13,16,24H,14-15H2,1-4H3/p+1. The van der Waals surface area contributed by atoms with Crippen molar-refractivity contribution in [3.8, 4) is 5.75 Å². The second-order valence-electron chi connectivity index (χ2n) is 8.60.